The van der Waals surface area contributed by atoms with Gasteiger partial charge in [0, 0.05) is 32.6 Å². The molecular formula is C22H35IN6O2S. The van der Waals surface area contributed by atoms with E-state index in [1.165, 1.54) is 25.7 Å². The molecule has 2 aromatic rings. The van der Waals surface area contributed by atoms with E-state index in [4.69, 9.17) is 9.47 Å². The van der Waals surface area contributed by atoms with Crippen molar-refractivity contribution in [2.45, 2.75) is 56.3 Å². The standard InChI is InChI=1S/C22H34N6O2S.HI/c1-23-21(25-15-16-11-12-18(29-2)19(14-16)30-3)24-13-7-10-20-26-27-22(31-4)28(20)17-8-5-6-9-17;/h11-12,14,17H,5-10,13,15H2,1-4H3,(H2,23,24,25);1H. The van der Waals surface area contributed by atoms with Gasteiger partial charge in [-0.25, -0.2) is 0 Å². The molecule has 1 aromatic heterocycles. The summed E-state index contributed by atoms with van der Waals surface area (Å²) in [5.74, 6) is 3.33. The average Bonchev–Trinajstić information content (AvgIpc) is 3.47. The van der Waals surface area contributed by atoms with Crippen LogP contribution in [0.1, 0.15) is 49.5 Å². The Hall–Kier alpha value is -1.69. The third kappa shape index (κ3) is 6.90. The fraction of sp³-hybridized carbons (Fsp3) is 0.591. The van der Waals surface area contributed by atoms with E-state index in [-0.39, 0.29) is 24.0 Å². The lowest BCUT2D eigenvalue weighted by molar-refractivity contribution is 0.354. The second kappa shape index (κ2) is 13.8. The highest BCUT2D eigenvalue weighted by atomic mass is 127. The number of aromatic nitrogens is 3. The number of nitrogens with one attached hydrogen (secondary N) is 2. The van der Waals surface area contributed by atoms with Crippen LogP contribution in [0.15, 0.2) is 28.3 Å². The maximum Gasteiger partial charge on any atom is 0.191 e. The summed E-state index contributed by atoms with van der Waals surface area (Å²) in [4.78, 5) is 4.32. The number of halogens is 1. The van der Waals surface area contributed by atoms with Crippen molar-refractivity contribution in [2.75, 3.05) is 34.1 Å². The van der Waals surface area contributed by atoms with Gasteiger partial charge in [-0.15, -0.1) is 34.2 Å². The molecule has 32 heavy (non-hydrogen) atoms. The molecule has 1 heterocycles. The average molecular weight is 575 g/mol. The Kier molecular flexibility index (Phi) is 11.4. The summed E-state index contributed by atoms with van der Waals surface area (Å²) in [6.07, 6.45) is 9.04. The first kappa shape index (κ1) is 26.6. The predicted molar refractivity (Wildman–Crippen MR) is 141 cm³/mol. The minimum absolute atomic E-state index is 0. The first-order valence-electron chi connectivity index (χ1n) is 10.8. The molecule has 1 aromatic carbocycles. The van der Waals surface area contributed by atoms with Crippen LogP contribution in [0, 0.1) is 0 Å². The summed E-state index contributed by atoms with van der Waals surface area (Å²) in [5, 5.41) is 16.7. The number of rotatable bonds is 10. The third-order valence-electron chi connectivity index (χ3n) is 5.61. The second-order valence-corrected chi connectivity index (χ2v) is 8.33. The van der Waals surface area contributed by atoms with Gasteiger partial charge < -0.3 is 24.7 Å². The second-order valence-electron chi connectivity index (χ2n) is 7.56. The lowest BCUT2D eigenvalue weighted by Gasteiger charge is -2.16. The van der Waals surface area contributed by atoms with Crippen molar-refractivity contribution in [1.82, 2.24) is 25.4 Å². The van der Waals surface area contributed by atoms with Crippen LogP contribution in [0.5, 0.6) is 11.5 Å². The van der Waals surface area contributed by atoms with Crippen LogP contribution in [0.25, 0.3) is 0 Å². The number of hydrogen-bond acceptors (Lipinski definition) is 6. The zero-order valence-electron chi connectivity index (χ0n) is 19.4. The van der Waals surface area contributed by atoms with Crippen LogP contribution in [0.4, 0.5) is 0 Å². The lowest BCUT2D eigenvalue weighted by Crippen LogP contribution is -2.37. The van der Waals surface area contributed by atoms with Gasteiger partial charge in [-0.05, 0) is 43.2 Å². The van der Waals surface area contributed by atoms with Crippen LogP contribution in [-0.2, 0) is 13.0 Å². The van der Waals surface area contributed by atoms with E-state index in [1.807, 2.05) is 18.2 Å². The molecule has 1 saturated carbocycles. The predicted octanol–water partition coefficient (Wildman–Crippen LogP) is 4.05. The number of thioether (sulfide) groups is 1. The van der Waals surface area contributed by atoms with Crippen LogP contribution in [0.3, 0.4) is 0 Å². The van der Waals surface area contributed by atoms with Gasteiger partial charge in [0.25, 0.3) is 0 Å². The monoisotopic (exact) mass is 574 g/mol. The van der Waals surface area contributed by atoms with Crippen molar-refractivity contribution in [3.8, 4) is 11.5 Å². The van der Waals surface area contributed by atoms with E-state index in [2.05, 4.69) is 36.6 Å². The number of guanidine groups is 1. The molecule has 1 fully saturated rings. The molecule has 0 saturated heterocycles. The third-order valence-corrected chi connectivity index (χ3v) is 6.25. The zero-order chi connectivity index (χ0) is 22.1. The Balaban J connectivity index is 0.00000363. The highest BCUT2D eigenvalue weighted by Crippen LogP contribution is 2.33. The number of nitrogens with zero attached hydrogens (tertiary/aromatic N) is 4. The minimum atomic E-state index is 0. The van der Waals surface area contributed by atoms with Crippen molar-refractivity contribution in [1.29, 1.82) is 0 Å². The summed E-state index contributed by atoms with van der Waals surface area (Å²) in [5.41, 5.74) is 1.09. The molecule has 1 aliphatic carbocycles. The molecule has 3 rings (SSSR count). The van der Waals surface area contributed by atoms with Crippen molar-refractivity contribution < 1.29 is 9.47 Å². The van der Waals surface area contributed by atoms with Crippen molar-refractivity contribution in [3.63, 3.8) is 0 Å². The van der Waals surface area contributed by atoms with Gasteiger partial charge in [-0.1, -0.05) is 30.7 Å². The van der Waals surface area contributed by atoms with Crippen LogP contribution >= 0.6 is 35.7 Å². The number of hydrogen-bond donors (Lipinski definition) is 2. The number of aliphatic imine (C=N–C) groups is 1. The highest BCUT2D eigenvalue weighted by molar-refractivity contribution is 14.0. The molecule has 0 atom stereocenters. The molecule has 1 aliphatic rings. The Morgan fingerprint density at radius 3 is 2.56 bits per heavy atom. The normalized spacial score (nSPS) is 14.2. The lowest BCUT2D eigenvalue weighted by atomic mass is 10.2. The van der Waals surface area contributed by atoms with Gasteiger partial charge in [-0.3, -0.25) is 4.99 Å². The topological polar surface area (TPSA) is 85.6 Å². The highest BCUT2D eigenvalue weighted by Gasteiger charge is 2.23. The van der Waals surface area contributed by atoms with Crippen molar-refractivity contribution >= 4 is 41.7 Å². The smallest absolute Gasteiger partial charge is 0.191 e. The van der Waals surface area contributed by atoms with Crippen molar-refractivity contribution in [2.24, 2.45) is 4.99 Å². The van der Waals surface area contributed by atoms with E-state index < -0.39 is 0 Å². The van der Waals surface area contributed by atoms with E-state index in [1.54, 1.807) is 33.0 Å². The summed E-state index contributed by atoms with van der Waals surface area (Å²) < 4.78 is 13.0. The van der Waals surface area contributed by atoms with E-state index in [0.29, 0.717) is 12.6 Å². The van der Waals surface area contributed by atoms with Gasteiger partial charge in [0.05, 0.1) is 14.2 Å². The van der Waals surface area contributed by atoms with Crippen LogP contribution in [-0.4, -0.2) is 54.8 Å². The first-order chi connectivity index (χ1) is 15.2. The zero-order valence-corrected chi connectivity index (χ0v) is 22.5. The largest absolute Gasteiger partial charge is 0.493 e. The SMILES string of the molecule is CN=C(NCCCc1nnc(SC)n1C1CCCC1)NCc1ccc(OC)c(OC)c1.I. The number of benzene rings is 1. The summed E-state index contributed by atoms with van der Waals surface area (Å²) in [6, 6.07) is 6.46. The van der Waals surface area contributed by atoms with Gasteiger partial charge in [-0.2, -0.15) is 0 Å². The van der Waals surface area contributed by atoms with E-state index in [0.717, 1.165) is 53.4 Å². The quantitative estimate of drug-likeness (QED) is 0.146. The van der Waals surface area contributed by atoms with Gasteiger partial charge in [0.1, 0.15) is 5.82 Å². The van der Waals surface area contributed by atoms with E-state index >= 15 is 0 Å². The fourth-order valence-corrected chi connectivity index (χ4v) is 4.57. The maximum atomic E-state index is 5.37. The Bertz CT molecular complexity index is 870. The van der Waals surface area contributed by atoms with Crippen LogP contribution in [0.2, 0.25) is 0 Å². The van der Waals surface area contributed by atoms with Crippen LogP contribution < -0.4 is 20.1 Å². The molecule has 2 N–H and O–H groups in total. The molecule has 0 radical (unpaired) electrons. The molecule has 0 spiro atoms. The van der Waals surface area contributed by atoms with Crippen molar-refractivity contribution in [3.05, 3.63) is 29.6 Å². The summed E-state index contributed by atoms with van der Waals surface area (Å²) in [6.45, 7) is 1.46. The minimum Gasteiger partial charge on any atom is -0.493 e. The van der Waals surface area contributed by atoms with E-state index in [9.17, 15) is 0 Å². The summed E-state index contributed by atoms with van der Waals surface area (Å²) >= 11 is 1.69. The van der Waals surface area contributed by atoms with Gasteiger partial charge in [0.15, 0.2) is 22.6 Å². The van der Waals surface area contributed by atoms with Gasteiger partial charge >= 0.3 is 0 Å². The molecule has 0 bridgehead atoms. The number of methoxy groups -OCH3 is 2. The Morgan fingerprint density at radius 2 is 1.91 bits per heavy atom. The number of aryl methyl sites for hydroxylation is 1. The Morgan fingerprint density at radius 1 is 1.16 bits per heavy atom. The Labute approximate surface area is 212 Å². The fourth-order valence-electron chi connectivity index (χ4n) is 4.00. The maximum absolute atomic E-state index is 5.37. The number of ether oxygens (including phenoxy) is 2. The summed E-state index contributed by atoms with van der Waals surface area (Å²) in [7, 11) is 5.07. The molecule has 8 nitrogen and oxygen atoms in total. The van der Waals surface area contributed by atoms with Gasteiger partial charge in [0.2, 0.25) is 0 Å². The molecular weight excluding hydrogens is 539 g/mol. The molecule has 10 heteroatoms. The molecule has 0 aliphatic heterocycles. The molecule has 178 valence electrons. The molecule has 0 unspecified atom stereocenters. The molecule has 0 amide bonds. The first-order valence-corrected chi connectivity index (χ1v) is 12.1.